The number of anilines is 1. The summed E-state index contributed by atoms with van der Waals surface area (Å²) in [4.78, 5) is 8.36. The third-order valence-corrected chi connectivity index (χ3v) is 4.55. The monoisotopic (exact) mass is 410 g/mol. The Balaban J connectivity index is 1.71. The van der Waals surface area contributed by atoms with Crippen LogP contribution in [0.1, 0.15) is 25.3 Å². The average molecular weight is 410 g/mol. The zero-order valence-corrected chi connectivity index (χ0v) is 16.3. The van der Waals surface area contributed by atoms with E-state index in [1.807, 2.05) is 0 Å². The summed E-state index contributed by atoms with van der Waals surface area (Å²) in [5.41, 5.74) is 2.03. The lowest BCUT2D eigenvalue weighted by atomic mass is 10.2. The molecule has 1 N–H and O–H groups in total. The lowest BCUT2D eigenvalue weighted by Crippen LogP contribution is -2.08. The van der Waals surface area contributed by atoms with Crippen molar-refractivity contribution in [3.8, 4) is 22.9 Å². The minimum absolute atomic E-state index is 0.125. The minimum Gasteiger partial charge on any atom is -0.368 e. The van der Waals surface area contributed by atoms with Crippen LogP contribution in [0.2, 0.25) is 0 Å². The predicted octanol–water partition coefficient (Wildman–Crippen LogP) is 4.53. The van der Waals surface area contributed by atoms with Crippen molar-refractivity contribution in [2.24, 2.45) is 0 Å². The molecule has 1 aromatic carbocycles. The number of aromatic nitrogens is 5. The van der Waals surface area contributed by atoms with Crippen LogP contribution >= 0.6 is 0 Å². The van der Waals surface area contributed by atoms with Gasteiger partial charge in [0.05, 0.1) is 18.4 Å². The molecule has 0 saturated heterocycles. The molecule has 0 bridgehead atoms. The Morgan fingerprint density at radius 3 is 2.73 bits per heavy atom. The Bertz CT molecular complexity index is 1130. The van der Waals surface area contributed by atoms with Crippen molar-refractivity contribution in [3.63, 3.8) is 0 Å². The summed E-state index contributed by atoms with van der Waals surface area (Å²) in [5, 5.41) is 11.5. The maximum atomic E-state index is 14.2. The highest BCUT2D eigenvalue weighted by Gasteiger charge is 2.18. The predicted molar refractivity (Wildman–Crippen MR) is 108 cm³/mol. The number of benzene rings is 1. The second-order valence-corrected chi connectivity index (χ2v) is 6.72. The highest BCUT2D eigenvalue weighted by Crippen LogP contribution is 2.25. The Morgan fingerprint density at radius 1 is 1.10 bits per heavy atom. The molecule has 7 nitrogen and oxygen atoms in total. The molecule has 0 spiro atoms. The molecule has 154 valence electrons. The van der Waals surface area contributed by atoms with Crippen molar-refractivity contribution in [2.45, 2.75) is 26.3 Å². The van der Waals surface area contributed by atoms with Crippen molar-refractivity contribution >= 4 is 5.82 Å². The van der Waals surface area contributed by atoms with Crippen LogP contribution in [-0.2, 0) is 6.54 Å². The van der Waals surface area contributed by atoms with E-state index in [2.05, 4.69) is 32.5 Å². The van der Waals surface area contributed by atoms with E-state index in [-0.39, 0.29) is 24.0 Å². The van der Waals surface area contributed by atoms with E-state index in [1.54, 1.807) is 35.0 Å². The van der Waals surface area contributed by atoms with Crippen LogP contribution < -0.4 is 5.32 Å². The molecule has 0 saturated carbocycles. The van der Waals surface area contributed by atoms with Gasteiger partial charge in [-0.25, -0.2) is 18.7 Å². The van der Waals surface area contributed by atoms with E-state index in [0.29, 0.717) is 29.2 Å². The minimum atomic E-state index is -0.530. The van der Waals surface area contributed by atoms with Crippen molar-refractivity contribution in [1.82, 2.24) is 24.9 Å². The molecule has 30 heavy (non-hydrogen) atoms. The van der Waals surface area contributed by atoms with Gasteiger partial charge in [0.2, 0.25) is 0 Å². The highest BCUT2D eigenvalue weighted by molar-refractivity contribution is 5.63. The molecular weight excluding hydrogens is 390 g/mol. The second kappa shape index (κ2) is 8.81. The number of hydrogen-bond donors (Lipinski definition) is 1. The van der Waals surface area contributed by atoms with Gasteiger partial charge in [-0.1, -0.05) is 36.7 Å². The molecule has 0 aliphatic carbocycles. The first kappa shape index (κ1) is 19.7. The lowest BCUT2D eigenvalue weighted by Gasteiger charge is -2.07. The fourth-order valence-corrected chi connectivity index (χ4v) is 2.98. The number of hydrogen-bond acceptors (Lipinski definition) is 6. The summed E-state index contributed by atoms with van der Waals surface area (Å²) in [6.07, 6.45) is 4.43. The van der Waals surface area contributed by atoms with Crippen molar-refractivity contribution in [2.75, 3.05) is 11.9 Å². The Morgan fingerprint density at radius 2 is 1.97 bits per heavy atom. The summed E-state index contributed by atoms with van der Waals surface area (Å²) >= 11 is 0. The molecule has 4 aromatic rings. The summed E-state index contributed by atoms with van der Waals surface area (Å²) in [5.74, 6) is -0.481. The van der Waals surface area contributed by atoms with Crippen LogP contribution in [0, 0.1) is 11.6 Å². The molecule has 0 aliphatic heterocycles. The van der Waals surface area contributed by atoms with Gasteiger partial charge in [0, 0.05) is 18.2 Å². The van der Waals surface area contributed by atoms with Gasteiger partial charge in [0.25, 0.3) is 0 Å². The van der Waals surface area contributed by atoms with Gasteiger partial charge < -0.3 is 9.84 Å². The number of nitrogens with one attached hydrogen (secondary N) is 1. The quantitative estimate of drug-likeness (QED) is 0.430. The second-order valence-electron chi connectivity index (χ2n) is 6.72. The first-order valence-electron chi connectivity index (χ1n) is 9.64. The van der Waals surface area contributed by atoms with Crippen LogP contribution in [0.5, 0.6) is 0 Å². The van der Waals surface area contributed by atoms with Gasteiger partial charge in [0.1, 0.15) is 23.5 Å². The molecule has 9 heteroatoms. The van der Waals surface area contributed by atoms with Crippen LogP contribution in [-0.4, -0.2) is 31.4 Å². The zero-order valence-electron chi connectivity index (χ0n) is 16.3. The Hall–Kier alpha value is -3.62. The van der Waals surface area contributed by atoms with E-state index in [9.17, 15) is 8.78 Å². The topological polar surface area (TPSA) is 81.7 Å². The summed E-state index contributed by atoms with van der Waals surface area (Å²) < 4.78 is 34.8. The molecular formula is C21H20F2N6O. The Labute approximate surface area is 171 Å². The van der Waals surface area contributed by atoms with Crippen molar-refractivity contribution < 1.29 is 13.3 Å². The van der Waals surface area contributed by atoms with Gasteiger partial charge in [0.15, 0.2) is 17.5 Å². The lowest BCUT2D eigenvalue weighted by molar-refractivity contribution is 0.421. The first-order chi connectivity index (χ1) is 14.7. The van der Waals surface area contributed by atoms with Crippen molar-refractivity contribution in [1.29, 1.82) is 0 Å². The van der Waals surface area contributed by atoms with E-state index < -0.39 is 5.82 Å². The fraction of sp³-hybridized carbons (Fsp3) is 0.238. The van der Waals surface area contributed by atoms with E-state index in [0.717, 1.165) is 19.0 Å². The largest absolute Gasteiger partial charge is 0.368 e. The van der Waals surface area contributed by atoms with Crippen LogP contribution in [0.3, 0.4) is 0 Å². The standard InChI is InChI=1S/C21H20F2N6O/c1-2-3-9-24-20-16(23)12-25-21(26-20)18-11-19(17-8-10-30-28-17)29(27-18)13-14-6-4-5-7-15(14)22/h4-8,10-12H,2-3,9,13H2,1H3,(H,24,25,26). The van der Waals surface area contributed by atoms with Gasteiger partial charge in [-0.15, -0.1) is 0 Å². The normalized spacial score (nSPS) is 11.0. The number of rotatable bonds is 8. The summed E-state index contributed by atoms with van der Waals surface area (Å²) in [7, 11) is 0. The maximum Gasteiger partial charge on any atom is 0.183 e. The molecule has 4 rings (SSSR count). The molecule has 0 radical (unpaired) electrons. The van der Waals surface area contributed by atoms with Crippen LogP contribution in [0.4, 0.5) is 14.6 Å². The van der Waals surface area contributed by atoms with Gasteiger partial charge in [-0.3, -0.25) is 4.68 Å². The van der Waals surface area contributed by atoms with Crippen LogP contribution in [0.15, 0.2) is 53.4 Å². The Kier molecular flexibility index (Phi) is 5.78. The fourth-order valence-electron chi connectivity index (χ4n) is 2.98. The number of halogens is 2. The molecule has 0 aliphatic rings. The number of unbranched alkanes of at least 4 members (excludes halogenated alkanes) is 1. The van der Waals surface area contributed by atoms with E-state index in [4.69, 9.17) is 4.52 Å². The van der Waals surface area contributed by atoms with Gasteiger partial charge in [-0.05, 0) is 18.6 Å². The maximum absolute atomic E-state index is 14.2. The molecule has 0 fully saturated rings. The van der Waals surface area contributed by atoms with Crippen molar-refractivity contribution in [3.05, 3.63) is 66.1 Å². The molecule has 3 aromatic heterocycles. The van der Waals surface area contributed by atoms with E-state index in [1.165, 1.54) is 12.3 Å². The highest BCUT2D eigenvalue weighted by atomic mass is 19.1. The summed E-state index contributed by atoms with van der Waals surface area (Å²) in [6, 6.07) is 9.88. The molecule has 0 unspecified atom stereocenters. The van der Waals surface area contributed by atoms with Crippen LogP contribution in [0.25, 0.3) is 22.9 Å². The van der Waals surface area contributed by atoms with E-state index >= 15 is 0 Å². The molecule has 0 amide bonds. The SMILES string of the molecule is CCCCNc1nc(-c2cc(-c3ccon3)n(Cc3ccccc3F)n2)ncc1F. The third-order valence-electron chi connectivity index (χ3n) is 4.55. The first-order valence-corrected chi connectivity index (χ1v) is 9.64. The molecule has 3 heterocycles. The number of nitrogens with zero attached hydrogens (tertiary/aromatic N) is 5. The zero-order chi connectivity index (χ0) is 20.9. The summed E-state index contributed by atoms with van der Waals surface area (Å²) in [6.45, 7) is 2.84. The van der Waals surface area contributed by atoms with Gasteiger partial charge in [-0.2, -0.15) is 5.10 Å². The third kappa shape index (κ3) is 4.19. The van der Waals surface area contributed by atoms with Gasteiger partial charge >= 0.3 is 0 Å². The smallest absolute Gasteiger partial charge is 0.183 e. The molecule has 0 atom stereocenters. The average Bonchev–Trinajstić information content (AvgIpc) is 3.41.